The van der Waals surface area contributed by atoms with Crippen LogP contribution in [0.4, 0.5) is 0 Å². The highest BCUT2D eigenvalue weighted by Gasteiger charge is 2.38. The van der Waals surface area contributed by atoms with E-state index in [2.05, 4.69) is 16.2 Å². The standard InChI is InChI=1S/C15H18N4O2/c1-19-10-11(9-16)8-12(19)13-17-14(18-21-13)15(20-2)6-4-3-5-7-15/h8,10H,3-7H2,1-2H3. The van der Waals surface area contributed by atoms with Crippen LogP contribution in [0.3, 0.4) is 0 Å². The number of methoxy groups -OCH3 is 1. The molecule has 0 amide bonds. The van der Waals surface area contributed by atoms with E-state index in [4.69, 9.17) is 14.5 Å². The van der Waals surface area contributed by atoms with Gasteiger partial charge in [-0.3, -0.25) is 0 Å². The minimum absolute atomic E-state index is 0.427. The number of aromatic nitrogens is 3. The Labute approximate surface area is 123 Å². The molecule has 6 nitrogen and oxygen atoms in total. The first kappa shape index (κ1) is 13.8. The Morgan fingerprint density at radius 3 is 2.76 bits per heavy atom. The molecule has 1 saturated carbocycles. The number of rotatable bonds is 3. The van der Waals surface area contributed by atoms with Gasteiger partial charge >= 0.3 is 0 Å². The minimum Gasteiger partial charge on any atom is -0.370 e. The van der Waals surface area contributed by atoms with Crippen molar-refractivity contribution in [3.05, 3.63) is 23.7 Å². The van der Waals surface area contributed by atoms with E-state index in [1.54, 1.807) is 19.4 Å². The fraction of sp³-hybridized carbons (Fsp3) is 0.533. The Kier molecular flexibility index (Phi) is 3.52. The van der Waals surface area contributed by atoms with Crippen LogP contribution in [0.1, 0.15) is 43.5 Å². The minimum atomic E-state index is -0.427. The van der Waals surface area contributed by atoms with E-state index < -0.39 is 5.60 Å². The highest BCUT2D eigenvalue weighted by atomic mass is 16.5. The topological polar surface area (TPSA) is 76.9 Å². The largest absolute Gasteiger partial charge is 0.370 e. The van der Waals surface area contributed by atoms with Crippen LogP contribution in [0.2, 0.25) is 0 Å². The molecule has 3 rings (SSSR count). The predicted octanol–water partition coefficient (Wildman–Crippen LogP) is 2.75. The van der Waals surface area contributed by atoms with E-state index in [-0.39, 0.29) is 0 Å². The van der Waals surface area contributed by atoms with E-state index in [0.29, 0.717) is 17.3 Å². The first-order valence-electron chi connectivity index (χ1n) is 7.15. The number of ether oxygens (including phenoxy) is 1. The van der Waals surface area contributed by atoms with Gasteiger partial charge in [-0.05, 0) is 18.9 Å². The molecule has 0 saturated heterocycles. The molecule has 2 heterocycles. The molecule has 6 heteroatoms. The van der Waals surface area contributed by atoms with Crippen LogP contribution in [-0.2, 0) is 17.4 Å². The van der Waals surface area contributed by atoms with Gasteiger partial charge in [0.25, 0.3) is 5.89 Å². The Morgan fingerprint density at radius 1 is 1.38 bits per heavy atom. The molecular weight excluding hydrogens is 268 g/mol. The van der Waals surface area contributed by atoms with Gasteiger partial charge in [0.2, 0.25) is 5.82 Å². The molecule has 0 atom stereocenters. The quantitative estimate of drug-likeness (QED) is 0.867. The van der Waals surface area contributed by atoms with Crippen molar-refractivity contribution >= 4 is 0 Å². The lowest BCUT2D eigenvalue weighted by atomic mass is 9.84. The van der Waals surface area contributed by atoms with E-state index in [0.717, 1.165) is 31.4 Å². The van der Waals surface area contributed by atoms with Crippen LogP contribution in [0.25, 0.3) is 11.6 Å². The van der Waals surface area contributed by atoms with Gasteiger partial charge in [0.05, 0.1) is 5.56 Å². The second-order valence-corrected chi connectivity index (χ2v) is 5.52. The summed E-state index contributed by atoms with van der Waals surface area (Å²) in [6, 6.07) is 3.86. The maximum Gasteiger partial charge on any atom is 0.274 e. The Hall–Kier alpha value is -2.13. The second kappa shape index (κ2) is 5.34. The molecule has 0 radical (unpaired) electrons. The lowest BCUT2D eigenvalue weighted by Gasteiger charge is -2.32. The molecule has 0 bridgehead atoms. The van der Waals surface area contributed by atoms with Crippen molar-refractivity contribution in [1.82, 2.24) is 14.7 Å². The van der Waals surface area contributed by atoms with Crippen LogP contribution in [0.15, 0.2) is 16.8 Å². The number of nitriles is 1. The molecule has 1 aliphatic carbocycles. The third kappa shape index (κ3) is 2.34. The van der Waals surface area contributed by atoms with Crippen LogP contribution in [0.5, 0.6) is 0 Å². The number of hydrogen-bond acceptors (Lipinski definition) is 5. The van der Waals surface area contributed by atoms with Crippen molar-refractivity contribution in [2.45, 2.75) is 37.7 Å². The summed E-state index contributed by atoms with van der Waals surface area (Å²) in [7, 11) is 3.56. The van der Waals surface area contributed by atoms with Crippen molar-refractivity contribution in [1.29, 1.82) is 5.26 Å². The number of aryl methyl sites for hydroxylation is 1. The Balaban J connectivity index is 1.95. The molecule has 2 aromatic heterocycles. The van der Waals surface area contributed by atoms with Gasteiger partial charge in [0, 0.05) is 20.4 Å². The van der Waals surface area contributed by atoms with Crippen molar-refractivity contribution in [3.63, 3.8) is 0 Å². The lowest BCUT2D eigenvalue weighted by Crippen LogP contribution is -2.32. The van der Waals surface area contributed by atoms with Gasteiger partial charge in [-0.1, -0.05) is 24.4 Å². The molecule has 0 aliphatic heterocycles. The van der Waals surface area contributed by atoms with E-state index in [1.807, 2.05) is 11.6 Å². The summed E-state index contributed by atoms with van der Waals surface area (Å²) in [5.74, 6) is 1.04. The number of nitrogens with zero attached hydrogens (tertiary/aromatic N) is 4. The summed E-state index contributed by atoms with van der Waals surface area (Å²) < 4.78 is 12.9. The van der Waals surface area contributed by atoms with Crippen LogP contribution < -0.4 is 0 Å². The molecule has 110 valence electrons. The fourth-order valence-electron chi connectivity index (χ4n) is 2.99. The van der Waals surface area contributed by atoms with E-state index in [1.165, 1.54) is 6.42 Å². The predicted molar refractivity (Wildman–Crippen MR) is 75.2 cm³/mol. The average molecular weight is 286 g/mol. The van der Waals surface area contributed by atoms with Crippen LogP contribution >= 0.6 is 0 Å². The van der Waals surface area contributed by atoms with Gasteiger partial charge in [-0.25, -0.2) is 0 Å². The van der Waals surface area contributed by atoms with Crippen LogP contribution in [0, 0.1) is 11.3 Å². The highest BCUT2D eigenvalue weighted by Crippen LogP contribution is 2.39. The molecule has 2 aromatic rings. The van der Waals surface area contributed by atoms with Crippen molar-refractivity contribution in [2.75, 3.05) is 7.11 Å². The monoisotopic (exact) mass is 286 g/mol. The van der Waals surface area contributed by atoms with Gasteiger partial charge in [-0.15, -0.1) is 0 Å². The third-order valence-corrected chi connectivity index (χ3v) is 4.24. The molecule has 0 unspecified atom stereocenters. The van der Waals surface area contributed by atoms with Gasteiger partial charge in [0.1, 0.15) is 17.4 Å². The molecule has 0 aromatic carbocycles. The summed E-state index contributed by atoms with van der Waals surface area (Å²) in [4.78, 5) is 4.52. The normalized spacial score (nSPS) is 17.6. The Bertz CT molecular complexity index is 674. The summed E-state index contributed by atoms with van der Waals surface area (Å²) in [5, 5.41) is 13.1. The van der Waals surface area contributed by atoms with Crippen molar-refractivity contribution in [3.8, 4) is 17.7 Å². The maximum atomic E-state index is 8.96. The smallest absolute Gasteiger partial charge is 0.274 e. The summed E-state index contributed by atoms with van der Waals surface area (Å²) in [6.07, 6.45) is 7.02. The zero-order chi connectivity index (χ0) is 14.9. The van der Waals surface area contributed by atoms with Crippen molar-refractivity contribution < 1.29 is 9.26 Å². The molecular formula is C15H18N4O2. The van der Waals surface area contributed by atoms with Gasteiger partial charge in [0.15, 0.2) is 0 Å². The van der Waals surface area contributed by atoms with Gasteiger partial charge in [-0.2, -0.15) is 10.2 Å². The first-order chi connectivity index (χ1) is 10.2. The first-order valence-corrected chi connectivity index (χ1v) is 7.15. The molecule has 0 spiro atoms. The van der Waals surface area contributed by atoms with Gasteiger partial charge < -0.3 is 13.8 Å². The summed E-state index contributed by atoms with van der Waals surface area (Å²) >= 11 is 0. The third-order valence-electron chi connectivity index (χ3n) is 4.24. The van der Waals surface area contributed by atoms with Crippen molar-refractivity contribution in [2.24, 2.45) is 7.05 Å². The van der Waals surface area contributed by atoms with E-state index >= 15 is 0 Å². The zero-order valence-corrected chi connectivity index (χ0v) is 12.3. The average Bonchev–Trinajstić information content (AvgIpc) is 3.14. The molecule has 1 aliphatic rings. The lowest BCUT2D eigenvalue weighted by molar-refractivity contribution is -0.0527. The molecule has 1 fully saturated rings. The summed E-state index contributed by atoms with van der Waals surface area (Å²) in [6.45, 7) is 0. The fourth-order valence-corrected chi connectivity index (χ4v) is 2.99. The highest BCUT2D eigenvalue weighted by molar-refractivity contribution is 5.52. The molecule has 21 heavy (non-hydrogen) atoms. The Morgan fingerprint density at radius 2 is 2.14 bits per heavy atom. The van der Waals surface area contributed by atoms with E-state index in [9.17, 15) is 0 Å². The maximum absolute atomic E-state index is 8.96. The van der Waals surface area contributed by atoms with Crippen LogP contribution in [-0.4, -0.2) is 21.8 Å². The SMILES string of the molecule is COC1(c2noc(-c3cc(C#N)cn3C)n2)CCCCC1. The summed E-state index contributed by atoms with van der Waals surface area (Å²) in [5.41, 5.74) is 0.891. The zero-order valence-electron chi connectivity index (χ0n) is 12.3. The molecule has 0 N–H and O–H groups in total. The second-order valence-electron chi connectivity index (χ2n) is 5.52. The number of hydrogen-bond donors (Lipinski definition) is 0.